The second-order valence-corrected chi connectivity index (χ2v) is 7.98. The zero-order chi connectivity index (χ0) is 22.4. The lowest BCUT2D eigenvalue weighted by molar-refractivity contribution is -0.117. The minimum atomic E-state index is -0.155. The van der Waals surface area contributed by atoms with E-state index in [4.69, 9.17) is 5.73 Å². The molecule has 1 fully saturated rings. The van der Waals surface area contributed by atoms with Gasteiger partial charge in [0.25, 0.3) is 5.91 Å². The summed E-state index contributed by atoms with van der Waals surface area (Å²) < 4.78 is 1.86. The summed E-state index contributed by atoms with van der Waals surface area (Å²) in [6.07, 6.45) is 2.46. The first-order chi connectivity index (χ1) is 14.8. The first-order valence-electron chi connectivity index (χ1n) is 10.2. The molecule has 0 aliphatic heterocycles. The van der Waals surface area contributed by atoms with Crippen LogP contribution in [0.1, 0.15) is 28.2 Å². The average Bonchev–Trinajstić information content (AvgIpc) is 3.49. The molecule has 0 spiro atoms. The number of aromatic nitrogens is 3. The van der Waals surface area contributed by atoms with E-state index in [9.17, 15) is 9.59 Å². The third-order valence-electron chi connectivity index (χ3n) is 6.12. The van der Waals surface area contributed by atoms with Crippen molar-refractivity contribution in [1.82, 2.24) is 25.2 Å². The zero-order valence-electron chi connectivity index (χ0n) is 18.3. The molecule has 0 radical (unpaired) electrons. The Bertz CT molecular complexity index is 1210. The molecular weight excluding hydrogens is 394 g/mol. The number of pyridine rings is 2. The Morgan fingerprint density at radius 2 is 1.97 bits per heavy atom. The van der Waals surface area contributed by atoms with Gasteiger partial charge in [0, 0.05) is 43.0 Å². The van der Waals surface area contributed by atoms with Gasteiger partial charge < -0.3 is 26.3 Å². The van der Waals surface area contributed by atoms with Crippen molar-refractivity contribution in [1.29, 1.82) is 0 Å². The Morgan fingerprint density at radius 1 is 1.23 bits per heavy atom. The molecule has 2 atom stereocenters. The van der Waals surface area contributed by atoms with Crippen LogP contribution in [-0.4, -0.2) is 46.5 Å². The van der Waals surface area contributed by atoms with Gasteiger partial charge in [-0.1, -0.05) is 0 Å². The molecule has 1 aliphatic rings. The highest BCUT2D eigenvalue weighted by Crippen LogP contribution is 2.34. The van der Waals surface area contributed by atoms with Crippen molar-refractivity contribution >= 4 is 34.2 Å². The highest BCUT2D eigenvalue weighted by Gasteiger charge is 2.41. The highest BCUT2D eigenvalue weighted by molar-refractivity contribution is 6.00. The molecule has 162 valence electrons. The van der Waals surface area contributed by atoms with Crippen LogP contribution in [0.4, 0.5) is 11.6 Å². The van der Waals surface area contributed by atoms with Gasteiger partial charge in [0.2, 0.25) is 5.91 Å². The van der Waals surface area contributed by atoms with Gasteiger partial charge >= 0.3 is 0 Å². The molecule has 9 nitrogen and oxygen atoms in total. The minimum Gasteiger partial charge on any atom is -0.383 e. The zero-order valence-corrected chi connectivity index (χ0v) is 18.3. The summed E-state index contributed by atoms with van der Waals surface area (Å²) in [5.41, 5.74) is 10.1. The van der Waals surface area contributed by atoms with Crippen LogP contribution in [0.2, 0.25) is 0 Å². The number of amides is 2. The number of nitrogens with one attached hydrogen (secondary N) is 3. The number of nitrogen functional groups attached to an aromatic ring is 1. The van der Waals surface area contributed by atoms with Crippen LogP contribution in [0.25, 0.3) is 22.0 Å². The molecule has 5 N–H and O–H groups in total. The van der Waals surface area contributed by atoms with E-state index in [0.717, 1.165) is 28.6 Å². The van der Waals surface area contributed by atoms with Crippen LogP contribution in [0.3, 0.4) is 0 Å². The number of carbonyl (C=O) groups is 2. The quantitative estimate of drug-likeness (QED) is 0.497. The van der Waals surface area contributed by atoms with E-state index in [1.165, 1.54) is 0 Å². The number of rotatable bonds is 5. The van der Waals surface area contributed by atoms with Crippen LogP contribution in [0, 0.1) is 19.8 Å². The third-order valence-corrected chi connectivity index (χ3v) is 6.12. The molecule has 0 saturated heterocycles. The molecule has 3 heterocycles. The summed E-state index contributed by atoms with van der Waals surface area (Å²) in [5.74, 6) is 0.594. The molecule has 31 heavy (non-hydrogen) atoms. The van der Waals surface area contributed by atoms with Gasteiger partial charge in [0.15, 0.2) is 0 Å². The largest absolute Gasteiger partial charge is 0.383 e. The predicted molar refractivity (Wildman–Crippen MR) is 121 cm³/mol. The van der Waals surface area contributed by atoms with Crippen LogP contribution < -0.4 is 21.7 Å². The van der Waals surface area contributed by atoms with Crippen LogP contribution in [0.15, 0.2) is 18.3 Å². The Hall–Kier alpha value is -3.46. The number of hydrogen-bond donors (Lipinski definition) is 4. The third kappa shape index (κ3) is 3.50. The monoisotopic (exact) mass is 421 g/mol. The van der Waals surface area contributed by atoms with Crippen LogP contribution >= 0.6 is 0 Å². The molecule has 3 aromatic heterocycles. The minimum absolute atomic E-state index is 0.0293. The maximum Gasteiger partial charge on any atom is 0.267 e. The Morgan fingerprint density at radius 3 is 2.61 bits per heavy atom. The van der Waals surface area contributed by atoms with Gasteiger partial charge in [-0.2, -0.15) is 0 Å². The number of nitrogens with zero attached hydrogens (tertiary/aromatic N) is 3. The lowest BCUT2D eigenvalue weighted by Gasteiger charge is -2.10. The summed E-state index contributed by atoms with van der Waals surface area (Å²) in [6.45, 7) is 3.85. The fraction of sp³-hybridized carbons (Fsp3) is 0.364. The summed E-state index contributed by atoms with van der Waals surface area (Å²) in [7, 11) is 5.32. The molecule has 0 bridgehead atoms. The van der Waals surface area contributed by atoms with Crippen LogP contribution in [0.5, 0.6) is 0 Å². The number of anilines is 2. The molecule has 1 aliphatic carbocycles. The van der Waals surface area contributed by atoms with Gasteiger partial charge in [-0.25, -0.2) is 9.97 Å². The first kappa shape index (κ1) is 20.8. The fourth-order valence-corrected chi connectivity index (χ4v) is 4.19. The molecule has 3 aromatic rings. The SMILES string of the molecule is CNC(=O)c1c(C)c(-c2cc3cc(NC(=O)[C@H]4C[C@@H]4NC)ncc3c(N)n2)c(C)n1C. The van der Waals surface area contributed by atoms with Crippen molar-refractivity contribution < 1.29 is 9.59 Å². The topological polar surface area (TPSA) is 127 Å². The highest BCUT2D eigenvalue weighted by atomic mass is 16.2. The van der Waals surface area contributed by atoms with Gasteiger partial charge in [-0.05, 0) is 50.4 Å². The molecule has 9 heteroatoms. The van der Waals surface area contributed by atoms with E-state index < -0.39 is 0 Å². The van der Waals surface area contributed by atoms with Crippen LogP contribution in [-0.2, 0) is 11.8 Å². The van der Waals surface area contributed by atoms with Crippen molar-refractivity contribution in [3.8, 4) is 11.3 Å². The Kier molecular flexibility index (Phi) is 5.14. The van der Waals surface area contributed by atoms with Crippen molar-refractivity contribution in [3.05, 3.63) is 35.3 Å². The Balaban J connectivity index is 1.75. The van der Waals surface area contributed by atoms with E-state index in [-0.39, 0.29) is 23.8 Å². The van der Waals surface area contributed by atoms with Gasteiger partial charge in [0.05, 0.1) is 11.6 Å². The van der Waals surface area contributed by atoms with Crippen molar-refractivity contribution in [2.75, 3.05) is 25.1 Å². The van der Waals surface area contributed by atoms with E-state index in [0.29, 0.717) is 28.4 Å². The summed E-state index contributed by atoms with van der Waals surface area (Å²) >= 11 is 0. The normalized spacial score (nSPS) is 17.6. The van der Waals surface area contributed by atoms with Gasteiger partial charge in [0.1, 0.15) is 17.3 Å². The summed E-state index contributed by atoms with van der Waals surface area (Å²) in [6, 6.07) is 3.95. The second kappa shape index (κ2) is 7.66. The lowest BCUT2D eigenvalue weighted by atomic mass is 10.0. The molecular formula is C22H27N7O2. The van der Waals surface area contributed by atoms with Gasteiger partial charge in [-0.15, -0.1) is 0 Å². The lowest BCUT2D eigenvalue weighted by Crippen LogP contribution is -2.21. The Labute approximate surface area is 180 Å². The van der Waals surface area contributed by atoms with E-state index in [1.807, 2.05) is 38.6 Å². The van der Waals surface area contributed by atoms with E-state index >= 15 is 0 Å². The average molecular weight is 422 g/mol. The molecule has 4 rings (SSSR count). The van der Waals surface area contributed by atoms with Crippen molar-refractivity contribution in [2.45, 2.75) is 26.3 Å². The second-order valence-electron chi connectivity index (χ2n) is 7.98. The van der Waals surface area contributed by atoms with Crippen molar-refractivity contribution in [2.24, 2.45) is 13.0 Å². The number of hydrogen-bond acceptors (Lipinski definition) is 6. The van der Waals surface area contributed by atoms with Crippen molar-refractivity contribution in [3.63, 3.8) is 0 Å². The maximum absolute atomic E-state index is 12.4. The molecule has 0 unspecified atom stereocenters. The van der Waals surface area contributed by atoms with Gasteiger partial charge in [-0.3, -0.25) is 9.59 Å². The summed E-state index contributed by atoms with van der Waals surface area (Å²) in [5, 5.41) is 10.2. The fourth-order valence-electron chi connectivity index (χ4n) is 4.19. The summed E-state index contributed by atoms with van der Waals surface area (Å²) in [4.78, 5) is 33.7. The smallest absolute Gasteiger partial charge is 0.267 e. The van der Waals surface area contributed by atoms with E-state index in [1.54, 1.807) is 19.3 Å². The molecule has 1 saturated carbocycles. The molecule has 0 aromatic carbocycles. The molecule has 2 amide bonds. The van der Waals surface area contributed by atoms with E-state index in [2.05, 4.69) is 25.9 Å². The number of nitrogens with two attached hydrogens (primary N) is 1. The number of fused-ring (bicyclic) bond motifs is 1. The maximum atomic E-state index is 12.4. The first-order valence-corrected chi connectivity index (χ1v) is 10.2. The standard InChI is InChI=1S/C22H27N7O2/c1-10-18(11(2)29(5)19(10)22(31)25-4)16-6-12-7-17(26-9-14(12)20(23)27-16)28-21(30)13-8-15(13)24-3/h6-7,9,13,15,24H,8H2,1-5H3,(H2,23,27)(H,25,31)(H,26,28,30)/t13-,15-/m0/s1. The predicted octanol–water partition coefficient (Wildman–Crippen LogP) is 1.74. The number of carbonyl (C=O) groups excluding carboxylic acids is 2.